The lowest BCUT2D eigenvalue weighted by atomic mass is 10.1. The minimum atomic E-state index is -3.37. The van der Waals surface area contributed by atoms with Crippen LogP contribution in [0.2, 0.25) is 0 Å². The molecule has 2 aromatic carbocycles. The highest BCUT2D eigenvalue weighted by molar-refractivity contribution is 7.91. The summed E-state index contributed by atoms with van der Waals surface area (Å²) in [5.74, 6) is 0.122. The predicted octanol–water partition coefficient (Wildman–Crippen LogP) is 3.08. The van der Waals surface area contributed by atoms with E-state index < -0.39 is 9.84 Å². The Morgan fingerprint density at radius 1 is 1.19 bits per heavy atom. The zero-order valence-electron chi connectivity index (χ0n) is 11.5. The maximum atomic E-state index is 13.7. The molecule has 0 saturated carbocycles. The molecule has 0 fully saturated rings. The van der Waals surface area contributed by atoms with Crippen molar-refractivity contribution in [2.24, 2.45) is 0 Å². The fourth-order valence-corrected chi connectivity index (χ4v) is 3.01. The number of para-hydroxylation sites is 1. The third-order valence-corrected chi connectivity index (χ3v) is 4.45. The predicted molar refractivity (Wildman–Crippen MR) is 79.3 cm³/mol. The van der Waals surface area contributed by atoms with Crippen molar-refractivity contribution in [1.29, 1.82) is 0 Å². The summed E-state index contributed by atoms with van der Waals surface area (Å²) in [5, 5.41) is 0. The largest absolute Gasteiger partial charge is 0.338 e. The van der Waals surface area contributed by atoms with E-state index in [1.165, 1.54) is 12.1 Å². The molecule has 0 bridgehead atoms. The molecule has 1 N–H and O–H groups in total. The number of hydrogen-bond donors (Lipinski definition) is 1. The normalized spacial score (nSPS) is 12.0. The van der Waals surface area contributed by atoms with Crippen molar-refractivity contribution < 1.29 is 12.8 Å². The van der Waals surface area contributed by atoms with Gasteiger partial charge in [-0.05, 0) is 30.7 Å². The molecule has 0 radical (unpaired) electrons. The smallest absolute Gasteiger partial charge is 0.177 e. The van der Waals surface area contributed by atoms with E-state index in [1.54, 1.807) is 31.2 Å². The summed E-state index contributed by atoms with van der Waals surface area (Å²) >= 11 is 0. The van der Waals surface area contributed by atoms with Crippen LogP contribution in [0.15, 0.2) is 41.3 Å². The number of aryl methyl sites for hydroxylation is 1. The Kier molecular flexibility index (Phi) is 3.06. The van der Waals surface area contributed by atoms with Crippen LogP contribution in [0, 0.1) is 12.7 Å². The third-order valence-electron chi connectivity index (χ3n) is 3.32. The van der Waals surface area contributed by atoms with Crippen LogP contribution in [0.3, 0.4) is 0 Å². The fourth-order valence-electron chi connectivity index (χ4n) is 2.18. The molecule has 6 heteroatoms. The number of imidazole rings is 1. The summed E-state index contributed by atoms with van der Waals surface area (Å²) in [6, 6.07) is 9.69. The molecule has 0 amide bonds. The van der Waals surface area contributed by atoms with Crippen LogP contribution in [-0.4, -0.2) is 24.6 Å². The molecule has 0 spiro atoms. The average molecular weight is 304 g/mol. The second-order valence-electron chi connectivity index (χ2n) is 4.97. The molecule has 4 nitrogen and oxygen atoms in total. The number of nitrogens with one attached hydrogen (secondary N) is 1. The third kappa shape index (κ3) is 2.42. The average Bonchev–Trinajstić information content (AvgIpc) is 2.84. The van der Waals surface area contributed by atoms with Gasteiger partial charge >= 0.3 is 0 Å². The fraction of sp³-hybridized carbons (Fsp3) is 0.133. The number of H-pyrrole nitrogens is 1. The first-order chi connectivity index (χ1) is 9.86. The highest BCUT2D eigenvalue weighted by Gasteiger charge is 2.16. The lowest BCUT2D eigenvalue weighted by molar-refractivity contribution is 0.602. The molecule has 0 saturated heterocycles. The molecular weight excluding hydrogens is 291 g/mol. The number of hydrogen-bond acceptors (Lipinski definition) is 3. The Balaban J connectivity index is 2.24. The minimum absolute atomic E-state index is 0.162. The van der Waals surface area contributed by atoms with Crippen LogP contribution in [-0.2, 0) is 9.84 Å². The van der Waals surface area contributed by atoms with Gasteiger partial charge in [-0.25, -0.2) is 17.8 Å². The van der Waals surface area contributed by atoms with Crippen LogP contribution < -0.4 is 0 Å². The lowest BCUT2D eigenvalue weighted by Crippen LogP contribution is -1.97. The zero-order chi connectivity index (χ0) is 15.2. The quantitative estimate of drug-likeness (QED) is 0.791. The van der Waals surface area contributed by atoms with Crippen LogP contribution in [0.5, 0.6) is 0 Å². The Labute approximate surface area is 121 Å². The molecule has 3 rings (SSSR count). The maximum Gasteiger partial charge on any atom is 0.177 e. The summed E-state index contributed by atoms with van der Waals surface area (Å²) in [5.41, 5.74) is 2.10. The Bertz CT molecular complexity index is 945. The highest BCUT2D eigenvalue weighted by Crippen LogP contribution is 2.26. The number of sulfone groups is 1. The van der Waals surface area contributed by atoms with Crippen molar-refractivity contribution in [2.75, 3.05) is 6.26 Å². The van der Waals surface area contributed by atoms with Gasteiger partial charge in [0, 0.05) is 11.8 Å². The number of aromatic nitrogens is 2. The second kappa shape index (κ2) is 4.66. The van der Waals surface area contributed by atoms with E-state index in [0.717, 1.165) is 6.26 Å². The van der Waals surface area contributed by atoms with Gasteiger partial charge in [0.05, 0.1) is 10.4 Å². The van der Waals surface area contributed by atoms with E-state index in [2.05, 4.69) is 9.97 Å². The van der Waals surface area contributed by atoms with E-state index in [-0.39, 0.29) is 10.7 Å². The molecule has 0 aliphatic carbocycles. The molecule has 0 atom stereocenters. The van der Waals surface area contributed by atoms with Gasteiger partial charge in [-0.1, -0.05) is 18.2 Å². The molecule has 0 aliphatic heterocycles. The number of halogens is 1. The molecule has 0 aliphatic rings. The minimum Gasteiger partial charge on any atom is -0.338 e. The van der Waals surface area contributed by atoms with Crippen molar-refractivity contribution in [3.63, 3.8) is 0 Å². The number of rotatable bonds is 2. The SMILES string of the molecule is Cc1ccc(-c2nc3c(S(C)(=O)=O)cccc3[nH]2)cc1F. The van der Waals surface area contributed by atoms with Crippen LogP contribution in [0.4, 0.5) is 4.39 Å². The molecule has 21 heavy (non-hydrogen) atoms. The van der Waals surface area contributed by atoms with E-state index in [0.29, 0.717) is 28.0 Å². The van der Waals surface area contributed by atoms with Gasteiger partial charge in [-0.15, -0.1) is 0 Å². The lowest BCUT2D eigenvalue weighted by Gasteiger charge is -1.99. The van der Waals surface area contributed by atoms with E-state index >= 15 is 0 Å². The van der Waals surface area contributed by atoms with Gasteiger partial charge in [-0.3, -0.25) is 0 Å². The standard InChI is InChI=1S/C15H13FN2O2S/c1-9-6-7-10(8-11(9)16)15-17-12-4-3-5-13(14(12)18-15)21(2,19)20/h3-8H,1-2H3,(H,17,18). The maximum absolute atomic E-state index is 13.7. The van der Waals surface area contributed by atoms with Crippen molar-refractivity contribution in [1.82, 2.24) is 9.97 Å². The molecule has 1 heterocycles. The summed E-state index contributed by atoms with van der Waals surface area (Å²) < 4.78 is 37.2. The van der Waals surface area contributed by atoms with Crippen molar-refractivity contribution in [3.05, 3.63) is 47.8 Å². The topological polar surface area (TPSA) is 62.8 Å². The first-order valence-electron chi connectivity index (χ1n) is 6.31. The van der Waals surface area contributed by atoms with Gasteiger partial charge in [0.2, 0.25) is 0 Å². The second-order valence-corrected chi connectivity index (χ2v) is 6.96. The number of nitrogens with zero attached hydrogens (tertiary/aromatic N) is 1. The van der Waals surface area contributed by atoms with Crippen molar-refractivity contribution in [3.8, 4) is 11.4 Å². The van der Waals surface area contributed by atoms with E-state index in [1.807, 2.05) is 0 Å². The zero-order valence-corrected chi connectivity index (χ0v) is 12.3. The summed E-state index contributed by atoms with van der Waals surface area (Å²) in [6.07, 6.45) is 1.14. The molecule has 3 aromatic rings. The summed E-state index contributed by atoms with van der Waals surface area (Å²) in [4.78, 5) is 7.51. The van der Waals surface area contributed by atoms with Gasteiger partial charge in [0.1, 0.15) is 17.2 Å². The molecule has 108 valence electrons. The van der Waals surface area contributed by atoms with E-state index in [4.69, 9.17) is 0 Å². The van der Waals surface area contributed by atoms with Crippen LogP contribution in [0.1, 0.15) is 5.56 Å². The number of aromatic amines is 1. The van der Waals surface area contributed by atoms with Gasteiger partial charge in [0.25, 0.3) is 0 Å². The molecular formula is C15H13FN2O2S. The van der Waals surface area contributed by atoms with Crippen LogP contribution >= 0.6 is 0 Å². The monoisotopic (exact) mass is 304 g/mol. The van der Waals surface area contributed by atoms with Crippen molar-refractivity contribution in [2.45, 2.75) is 11.8 Å². The van der Waals surface area contributed by atoms with Gasteiger partial charge < -0.3 is 4.98 Å². The Hall–Kier alpha value is -2.21. The highest BCUT2D eigenvalue weighted by atomic mass is 32.2. The summed E-state index contributed by atoms with van der Waals surface area (Å²) in [6.45, 7) is 1.68. The van der Waals surface area contributed by atoms with Crippen LogP contribution in [0.25, 0.3) is 22.4 Å². The first kappa shape index (κ1) is 13.8. The van der Waals surface area contributed by atoms with Crippen molar-refractivity contribution >= 4 is 20.9 Å². The van der Waals surface area contributed by atoms with Gasteiger partial charge in [0.15, 0.2) is 9.84 Å². The number of fused-ring (bicyclic) bond motifs is 1. The first-order valence-corrected chi connectivity index (χ1v) is 8.21. The molecule has 1 aromatic heterocycles. The Morgan fingerprint density at radius 3 is 2.62 bits per heavy atom. The van der Waals surface area contributed by atoms with Gasteiger partial charge in [-0.2, -0.15) is 0 Å². The Morgan fingerprint density at radius 2 is 1.95 bits per heavy atom. The number of benzene rings is 2. The molecule has 0 unspecified atom stereocenters. The van der Waals surface area contributed by atoms with E-state index in [9.17, 15) is 12.8 Å². The summed E-state index contributed by atoms with van der Waals surface area (Å²) in [7, 11) is -3.37.